The number of hydrogen-bond donors (Lipinski definition) is 1. The first-order valence-electron chi connectivity index (χ1n) is 5.32. The molecule has 1 aromatic rings. The molecule has 0 bridgehead atoms. The second-order valence-electron chi connectivity index (χ2n) is 3.81. The molecule has 0 spiro atoms. The summed E-state index contributed by atoms with van der Waals surface area (Å²) >= 11 is 5.97. The summed E-state index contributed by atoms with van der Waals surface area (Å²) in [5.41, 5.74) is 7.64. The molecule has 0 aliphatic rings. The molecule has 16 heavy (non-hydrogen) atoms. The van der Waals surface area contributed by atoms with Gasteiger partial charge in [0.25, 0.3) is 0 Å². The second kappa shape index (κ2) is 5.87. The zero-order valence-corrected chi connectivity index (χ0v) is 10.6. The van der Waals surface area contributed by atoms with Crippen molar-refractivity contribution in [2.24, 2.45) is 5.73 Å². The molecule has 4 heteroatoms. The Balaban J connectivity index is 2.96. The minimum Gasteiger partial charge on any atom is -0.353 e. The van der Waals surface area contributed by atoms with Gasteiger partial charge in [-0.3, -0.25) is 0 Å². The van der Waals surface area contributed by atoms with Crippen LogP contribution >= 0.6 is 11.6 Å². The summed E-state index contributed by atoms with van der Waals surface area (Å²) in [6, 6.07) is 1.94. The number of rotatable bonds is 5. The van der Waals surface area contributed by atoms with Crippen molar-refractivity contribution in [1.29, 1.82) is 0 Å². The smallest absolute Gasteiger partial charge is 0.129 e. The lowest BCUT2D eigenvalue weighted by atomic mass is 10.2. The minimum atomic E-state index is 0.430. The molecule has 3 nitrogen and oxygen atoms in total. The van der Waals surface area contributed by atoms with E-state index in [2.05, 4.69) is 23.4 Å². The number of aromatic nitrogens is 1. The monoisotopic (exact) mass is 239 g/mol. The van der Waals surface area contributed by atoms with E-state index in [0.717, 1.165) is 30.0 Å². The quantitative estimate of drug-likeness (QED) is 0.804. The van der Waals surface area contributed by atoms with Crippen LogP contribution in [0.1, 0.15) is 19.4 Å². The van der Waals surface area contributed by atoms with Gasteiger partial charge >= 0.3 is 0 Å². The summed E-state index contributed by atoms with van der Waals surface area (Å²) in [5, 5.41) is 0.623. The van der Waals surface area contributed by atoms with Crippen molar-refractivity contribution in [3.63, 3.8) is 0 Å². The third kappa shape index (κ3) is 3.22. The highest BCUT2D eigenvalue weighted by Crippen LogP contribution is 2.20. The van der Waals surface area contributed by atoms with Crippen molar-refractivity contribution in [1.82, 2.24) is 4.98 Å². The highest BCUT2D eigenvalue weighted by molar-refractivity contribution is 6.31. The van der Waals surface area contributed by atoms with Crippen LogP contribution in [0.3, 0.4) is 0 Å². The molecule has 1 aromatic heterocycles. The first-order chi connectivity index (χ1) is 7.58. The molecule has 0 radical (unpaired) electrons. The predicted molar refractivity (Wildman–Crippen MR) is 69.8 cm³/mol. The van der Waals surface area contributed by atoms with Gasteiger partial charge in [0.15, 0.2) is 0 Å². The molecule has 0 saturated heterocycles. The third-order valence-corrected chi connectivity index (χ3v) is 2.65. The fourth-order valence-corrected chi connectivity index (χ4v) is 1.66. The fraction of sp³-hybridized carbons (Fsp3) is 0.417. The number of pyridine rings is 1. The van der Waals surface area contributed by atoms with E-state index >= 15 is 0 Å². The Labute approximate surface area is 102 Å². The van der Waals surface area contributed by atoms with Crippen LogP contribution in [0.5, 0.6) is 0 Å². The molecule has 88 valence electrons. The van der Waals surface area contributed by atoms with E-state index < -0.39 is 0 Å². The first kappa shape index (κ1) is 13.0. The molecule has 0 amide bonds. The zero-order valence-electron chi connectivity index (χ0n) is 9.83. The Morgan fingerprint density at radius 2 is 2.31 bits per heavy atom. The first-order valence-corrected chi connectivity index (χ1v) is 5.70. The number of anilines is 1. The SMILES string of the molecule is C=C(C)CN(CC)c1cc(CN)c(Cl)cn1. The molecule has 0 unspecified atom stereocenters. The molecule has 0 aliphatic heterocycles. The maximum absolute atomic E-state index is 5.97. The van der Waals surface area contributed by atoms with Crippen molar-refractivity contribution in [2.45, 2.75) is 20.4 Å². The van der Waals surface area contributed by atoms with Gasteiger partial charge < -0.3 is 10.6 Å². The van der Waals surface area contributed by atoms with Crippen LogP contribution in [-0.2, 0) is 6.54 Å². The molecule has 1 rings (SSSR count). The fourth-order valence-electron chi connectivity index (χ4n) is 1.48. The highest BCUT2D eigenvalue weighted by atomic mass is 35.5. The summed E-state index contributed by atoms with van der Waals surface area (Å²) < 4.78 is 0. The van der Waals surface area contributed by atoms with E-state index in [4.69, 9.17) is 17.3 Å². The minimum absolute atomic E-state index is 0.430. The largest absolute Gasteiger partial charge is 0.353 e. The van der Waals surface area contributed by atoms with Gasteiger partial charge in [0.2, 0.25) is 0 Å². The van der Waals surface area contributed by atoms with Crippen LogP contribution < -0.4 is 10.6 Å². The topological polar surface area (TPSA) is 42.1 Å². The molecule has 0 aliphatic carbocycles. The maximum Gasteiger partial charge on any atom is 0.129 e. The Kier molecular flexibility index (Phi) is 4.77. The average molecular weight is 240 g/mol. The predicted octanol–water partition coefficient (Wildman–Crippen LogP) is 2.60. The van der Waals surface area contributed by atoms with Crippen molar-refractivity contribution in [3.8, 4) is 0 Å². The van der Waals surface area contributed by atoms with Gasteiger partial charge in [0.1, 0.15) is 5.82 Å². The van der Waals surface area contributed by atoms with Crippen molar-refractivity contribution in [2.75, 3.05) is 18.0 Å². The van der Waals surface area contributed by atoms with Crippen molar-refractivity contribution in [3.05, 3.63) is 35.0 Å². The summed E-state index contributed by atoms with van der Waals surface area (Å²) in [4.78, 5) is 6.45. The molecular weight excluding hydrogens is 222 g/mol. The summed E-state index contributed by atoms with van der Waals surface area (Å²) in [5.74, 6) is 0.898. The van der Waals surface area contributed by atoms with Gasteiger partial charge in [0, 0.05) is 25.8 Å². The normalized spacial score (nSPS) is 10.2. The van der Waals surface area contributed by atoms with E-state index in [1.807, 2.05) is 13.0 Å². The van der Waals surface area contributed by atoms with Gasteiger partial charge in [-0.2, -0.15) is 0 Å². The summed E-state index contributed by atoms with van der Waals surface area (Å²) in [6.07, 6.45) is 1.65. The average Bonchev–Trinajstić information content (AvgIpc) is 2.26. The van der Waals surface area contributed by atoms with Crippen LogP contribution in [0.15, 0.2) is 24.4 Å². The molecule has 1 heterocycles. The van der Waals surface area contributed by atoms with Crippen LogP contribution in [0.25, 0.3) is 0 Å². The van der Waals surface area contributed by atoms with E-state index in [9.17, 15) is 0 Å². The van der Waals surface area contributed by atoms with E-state index in [0.29, 0.717) is 11.6 Å². The van der Waals surface area contributed by atoms with Gasteiger partial charge in [-0.1, -0.05) is 23.8 Å². The van der Waals surface area contributed by atoms with Gasteiger partial charge in [-0.15, -0.1) is 0 Å². The van der Waals surface area contributed by atoms with Crippen LogP contribution in [-0.4, -0.2) is 18.1 Å². The van der Waals surface area contributed by atoms with Crippen molar-refractivity contribution >= 4 is 17.4 Å². The Morgan fingerprint density at radius 1 is 1.62 bits per heavy atom. The molecular formula is C12H18ClN3. The third-order valence-electron chi connectivity index (χ3n) is 2.31. The molecule has 0 aromatic carbocycles. The highest BCUT2D eigenvalue weighted by Gasteiger charge is 2.08. The Hall–Kier alpha value is -1.06. The molecule has 0 atom stereocenters. The lowest BCUT2D eigenvalue weighted by Crippen LogP contribution is -2.25. The second-order valence-corrected chi connectivity index (χ2v) is 4.22. The number of hydrogen-bond acceptors (Lipinski definition) is 3. The number of nitrogens with two attached hydrogens (primary N) is 1. The maximum atomic E-state index is 5.97. The number of likely N-dealkylation sites (N-methyl/N-ethyl adjacent to an activating group) is 1. The van der Waals surface area contributed by atoms with E-state index in [1.54, 1.807) is 6.20 Å². The molecule has 0 saturated carbocycles. The summed E-state index contributed by atoms with van der Waals surface area (Å²) in [6.45, 7) is 10.1. The summed E-state index contributed by atoms with van der Waals surface area (Å²) in [7, 11) is 0. The zero-order chi connectivity index (χ0) is 12.1. The number of nitrogens with zero attached hydrogens (tertiary/aromatic N) is 2. The lowest BCUT2D eigenvalue weighted by molar-refractivity contribution is 0.856. The Bertz CT molecular complexity index is 377. The van der Waals surface area contributed by atoms with Gasteiger partial charge in [-0.25, -0.2) is 4.98 Å². The molecule has 0 fully saturated rings. The van der Waals surface area contributed by atoms with E-state index in [1.165, 1.54) is 0 Å². The van der Waals surface area contributed by atoms with Crippen LogP contribution in [0.2, 0.25) is 5.02 Å². The van der Waals surface area contributed by atoms with E-state index in [-0.39, 0.29) is 0 Å². The lowest BCUT2D eigenvalue weighted by Gasteiger charge is -2.22. The molecule has 2 N–H and O–H groups in total. The van der Waals surface area contributed by atoms with Crippen LogP contribution in [0, 0.1) is 0 Å². The standard InChI is InChI=1S/C12H18ClN3/c1-4-16(8-9(2)3)12-5-10(6-14)11(13)7-15-12/h5,7H,2,4,6,8,14H2,1,3H3. The Morgan fingerprint density at radius 3 is 2.81 bits per heavy atom. The van der Waals surface area contributed by atoms with Gasteiger partial charge in [0.05, 0.1) is 5.02 Å². The van der Waals surface area contributed by atoms with Crippen molar-refractivity contribution < 1.29 is 0 Å². The van der Waals surface area contributed by atoms with Gasteiger partial charge in [-0.05, 0) is 25.5 Å². The number of halogens is 1. The van der Waals surface area contributed by atoms with Crippen LogP contribution in [0.4, 0.5) is 5.82 Å².